The fourth-order valence-electron chi connectivity index (χ4n) is 2.62. The van der Waals surface area contributed by atoms with Crippen molar-refractivity contribution < 1.29 is 19.4 Å². The third-order valence-corrected chi connectivity index (χ3v) is 4.97. The van der Waals surface area contributed by atoms with Gasteiger partial charge in [0, 0.05) is 21.3 Å². The molecule has 0 aliphatic carbocycles. The summed E-state index contributed by atoms with van der Waals surface area (Å²) in [5, 5.41) is 17.0. The highest BCUT2D eigenvalue weighted by atomic mass is 79.9. The maximum atomic E-state index is 12.3. The molecule has 0 aliphatic heterocycles. The van der Waals surface area contributed by atoms with Crippen molar-refractivity contribution in [2.75, 3.05) is 12.4 Å². The number of methoxy groups -OCH3 is 1. The lowest BCUT2D eigenvalue weighted by Crippen LogP contribution is -2.18. The van der Waals surface area contributed by atoms with E-state index in [4.69, 9.17) is 16.3 Å². The second kappa shape index (κ2) is 10.1. The van der Waals surface area contributed by atoms with Crippen molar-refractivity contribution in [2.24, 2.45) is 5.10 Å². The molecule has 0 heterocycles. The van der Waals surface area contributed by atoms with E-state index in [0.717, 1.165) is 0 Å². The van der Waals surface area contributed by atoms with Crippen LogP contribution >= 0.6 is 27.5 Å². The van der Waals surface area contributed by atoms with Crippen LogP contribution in [0.5, 0.6) is 11.5 Å². The third-order valence-electron chi connectivity index (χ3n) is 4.18. The van der Waals surface area contributed by atoms with Gasteiger partial charge in [0.25, 0.3) is 11.8 Å². The maximum absolute atomic E-state index is 12.3. The van der Waals surface area contributed by atoms with Gasteiger partial charge in [-0.3, -0.25) is 9.59 Å². The van der Waals surface area contributed by atoms with Gasteiger partial charge < -0.3 is 15.2 Å². The number of hydrogen-bond donors (Lipinski definition) is 3. The van der Waals surface area contributed by atoms with Gasteiger partial charge in [-0.1, -0.05) is 39.7 Å². The highest BCUT2D eigenvalue weighted by molar-refractivity contribution is 9.10. The molecule has 0 saturated carbocycles. The van der Waals surface area contributed by atoms with E-state index in [0.29, 0.717) is 31.9 Å². The van der Waals surface area contributed by atoms with Crippen molar-refractivity contribution in [3.8, 4) is 11.5 Å². The molecule has 0 radical (unpaired) electrons. The lowest BCUT2D eigenvalue weighted by molar-refractivity contribution is 0.0954. The summed E-state index contributed by atoms with van der Waals surface area (Å²) in [6.45, 7) is 0. The molecule has 31 heavy (non-hydrogen) atoms. The highest BCUT2D eigenvalue weighted by Crippen LogP contribution is 2.32. The molecule has 0 unspecified atom stereocenters. The fraction of sp³-hybridized carbons (Fsp3) is 0.0455. The van der Waals surface area contributed by atoms with E-state index < -0.39 is 5.91 Å². The largest absolute Gasteiger partial charge is 0.504 e. The summed E-state index contributed by atoms with van der Waals surface area (Å²) in [5.41, 5.74) is 3.95. The van der Waals surface area contributed by atoms with Gasteiger partial charge in [-0.05, 0) is 48.5 Å². The average Bonchev–Trinajstić information content (AvgIpc) is 2.76. The Hall–Kier alpha value is -3.36. The quantitative estimate of drug-likeness (QED) is 0.332. The topological polar surface area (TPSA) is 100 Å². The molecule has 158 valence electrons. The summed E-state index contributed by atoms with van der Waals surface area (Å²) >= 11 is 9.34. The van der Waals surface area contributed by atoms with Gasteiger partial charge in [0.05, 0.1) is 23.9 Å². The Morgan fingerprint density at radius 2 is 1.81 bits per heavy atom. The number of amides is 2. The standard InChI is InChI=1S/C22H17BrClN3O4/c1-31-19-11-15(23)10-14(20(19)28)12-25-27-21(29)13-6-8-16(9-7-13)26-22(30)17-4-2-3-5-18(17)24/h2-12,28H,1H3,(H,26,30)(H,27,29). The van der Waals surface area contributed by atoms with Crippen LogP contribution in [0.25, 0.3) is 0 Å². The zero-order chi connectivity index (χ0) is 22.4. The molecule has 3 N–H and O–H groups in total. The Morgan fingerprint density at radius 1 is 1.10 bits per heavy atom. The van der Waals surface area contributed by atoms with Crippen LogP contribution in [0.2, 0.25) is 5.02 Å². The van der Waals surface area contributed by atoms with Crippen LogP contribution in [0.3, 0.4) is 0 Å². The summed E-state index contributed by atoms with van der Waals surface area (Å²) in [4.78, 5) is 24.6. The molecule has 0 aromatic heterocycles. The first kappa shape index (κ1) is 22.3. The number of hydrazone groups is 1. The molecule has 0 bridgehead atoms. The number of carbonyl (C=O) groups is 2. The Labute approximate surface area is 191 Å². The minimum absolute atomic E-state index is 0.0951. The predicted octanol–water partition coefficient (Wildman–Crippen LogP) is 4.83. The molecule has 0 spiro atoms. The molecule has 9 heteroatoms. The number of phenols is 1. The van der Waals surface area contributed by atoms with E-state index in [-0.39, 0.29) is 17.4 Å². The van der Waals surface area contributed by atoms with Gasteiger partial charge in [-0.2, -0.15) is 5.10 Å². The number of aromatic hydroxyl groups is 1. The summed E-state index contributed by atoms with van der Waals surface area (Å²) in [7, 11) is 1.44. The number of nitrogens with one attached hydrogen (secondary N) is 2. The average molecular weight is 503 g/mol. The van der Waals surface area contributed by atoms with E-state index in [2.05, 4.69) is 31.8 Å². The molecule has 0 fully saturated rings. The van der Waals surface area contributed by atoms with Crippen LogP contribution in [0.4, 0.5) is 5.69 Å². The maximum Gasteiger partial charge on any atom is 0.271 e. The van der Waals surface area contributed by atoms with Crippen LogP contribution in [0, 0.1) is 0 Å². The molecular formula is C22H17BrClN3O4. The number of anilines is 1. The van der Waals surface area contributed by atoms with Gasteiger partial charge in [-0.15, -0.1) is 0 Å². The molecule has 0 saturated heterocycles. The van der Waals surface area contributed by atoms with Crippen LogP contribution in [0.15, 0.2) is 70.2 Å². The van der Waals surface area contributed by atoms with E-state index in [9.17, 15) is 14.7 Å². The minimum Gasteiger partial charge on any atom is -0.504 e. The second-order valence-electron chi connectivity index (χ2n) is 6.26. The van der Waals surface area contributed by atoms with Crippen LogP contribution in [-0.4, -0.2) is 30.2 Å². The highest BCUT2D eigenvalue weighted by Gasteiger charge is 2.11. The summed E-state index contributed by atoms with van der Waals surface area (Å²) in [6, 6.07) is 16.2. The van der Waals surface area contributed by atoms with E-state index in [1.54, 1.807) is 60.7 Å². The molecule has 2 amide bonds. The zero-order valence-electron chi connectivity index (χ0n) is 16.2. The number of hydrogen-bond acceptors (Lipinski definition) is 5. The number of ether oxygens (including phenoxy) is 1. The zero-order valence-corrected chi connectivity index (χ0v) is 18.6. The Balaban J connectivity index is 1.63. The molecular weight excluding hydrogens is 486 g/mol. The normalized spacial score (nSPS) is 10.7. The summed E-state index contributed by atoms with van der Waals surface area (Å²) in [5.74, 6) is -0.628. The smallest absolute Gasteiger partial charge is 0.271 e. The first-order chi connectivity index (χ1) is 14.9. The summed E-state index contributed by atoms with van der Waals surface area (Å²) < 4.78 is 5.75. The van der Waals surface area contributed by atoms with Gasteiger partial charge in [0.1, 0.15) is 0 Å². The number of carbonyl (C=O) groups excluding carboxylic acids is 2. The monoisotopic (exact) mass is 501 g/mol. The first-order valence-corrected chi connectivity index (χ1v) is 10.1. The van der Waals surface area contributed by atoms with Gasteiger partial charge in [0.15, 0.2) is 11.5 Å². The summed E-state index contributed by atoms with van der Waals surface area (Å²) in [6.07, 6.45) is 1.30. The number of rotatable bonds is 6. The van der Waals surface area contributed by atoms with E-state index >= 15 is 0 Å². The lowest BCUT2D eigenvalue weighted by atomic mass is 10.1. The first-order valence-electron chi connectivity index (χ1n) is 8.95. The number of benzene rings is 3. The molecule has 0 atom stereocenters. The Bertz CT molecular complexity index is 1150. The van der Waals surface area contributed by atoms with Crippen molar-refractivity contribution in [1.29, 1.82) is 0 Å². The van der Waals surface area contributed by atoms with E-state index in [1.807, 2.05) is 0 Å². The van der Waals surface area contributed by atoms with Crippen LogP contribution in [0.1, 0.15) is 26.3 Å². The van der Waals surface area contributed by atoms with Crippen LogP contribution < -0.4 is 15.5 Å². The van der Waals surface area contributed by atoms with E-state index in [1.165, 1.54) is 13.3 Å². The SMILES string of the molecule is COc1cc(Br)cc(C=NNC(=O)c2ccc(NC(=O)c3ccccc3Cl)cc2)c1O. The van der Waals surface area contributed by atoms with Crippen molar-refractivity contribution in [2.45, 2.75) is 0 Å². The molecule has 0 aliphatic rings. The molecule has 3 aromatic carbocycles. The Kier molecular flexibility index (Phi) is 7.28. The molecule has 3 aromatic rings. The third kappa shape index (κ3) is 5.62. The minimum atomic E-state index is -0.457. The predicted molar refractivity (Wildman–Crippen MR) is 123 cm³/mol. The van der Waals surface area contributed by atoms with Crippen molar-refractivity contribution in [3.63, 3.8) is 0 Å². The number of phenolic OH excluding ortho intramolecular Hbond substituents is 1. The fourth-order valence-corrected chi connectivity index (χ4v) is 3.30. The van der Waals surface area contributed by atoms with Crippen molar-refractivity contribution in [1.82, 2.24) is 5.43 Å². The lowest BCUT2D eigenvalue weighted by Gasteiger charge is -2.08. The van der Waals surface area contributed by atoms with Gasteiger partial charge >= 0.3 is 0 Å². The van der Waals surface area contributed by atoms with Crippen LogP contribution in [-0.2, 0) is 0 Å². The van der Waals surface area contributed by atoms with Crippen molar-refractivity contribution >= 4 is 51.2 Å². The van der Waals surface area contributed by atoms with Gasteiger partial charge in [0.2, 0.25) is 0 Å². The number of nitrogens with zero attached hydrogens (tertiary/aromatic N) is 1. The Morgan fingerprint density at radius 3 is 2.48 bits per heavy atom. The second-order valence-corrected chi connectivity index (χ2v) is 7.58. The molecule has 3 rings (SSSR count). The van der Waals surface area contributed by atoms with Crippen molar-refractivity contribution in [3.05, 3.63) is 86.8 Å². The number of halogens is 2. The van der Waals surface area contributed by atoms with Gasteiger partial charge in [-0.25, -0.2) is 5.43 Å². The molecule has 7 nitrogen and oxygen atoms in total.